The van der Waals surface area contributed by atoms with Crippen molar-refractivity contribution < 1.29 is 0 Å². The Labute approximate surface area is 82.5 Å². The van der Waals surface area contributed by atoms with Gasteiger partial charge in [-0.15, -0.1) is 11.3 Å². The summed E-state index contributed by atoms with van der Waals surface area (Å²) in [5, 5.41) is 0. The van der Waals surface area contributed by atoms with E-state index in [9.17, 15) is 0 Å². The summed E-state index contributed by atoms with van der Waals surface area (Å²) in [6.07, 6.45) is 1.02. The monoisotopic (exact) mass is 203 g/mol. The van der Waals surface area contributed by atoms with Crippen LogP contribution < -0.4 is 5.73 Å². The highest BCUT2D eigenvalue weighted by Gasteiger charge is 2.09. The van der Waals surface area contributed by atoms with Gasteiger partial charge in [-0.2, -0.15) is 0 Å². The molecule has 0 amide bonds. The number of nitrogens with two attached hydrogens (primary N) is 1. The molecular weight excluding hydrogens is 190 g/mol. The highest BCUT2D eigenvalue weighted by atomic mass is 35.5. The number of rotatable bonds is 3. The summed E-state index contributed by atoms with van der Waals surface area (Å²) in [7, 11) is 0. The molecule has 3 heteroatoms. The van der Waals surface area contributed by atoms with E-state index in [-0.39, 0.29) is 6.04 Å². The van der Waals surface area contributed by atoms with Crippen LogP contribution in [0.1, 0.15) is 31.2 Å². The molecule has 68 valence electrons. The maximum atomic E-state index is 5.96. The van der Waals surface area contributed by atoms with Gasteiger partial charge in [0.2, 0.25) is 0 Å². The topological polar surface area (TPSA) is 26.0 Å². The summed E-state index contributed by atoms with van der Waals surface area (Å²) >= 11 is 7.38. The van der Waals surface area contributed by atoms with Crippen molar-refractivity contribution in [2.24, 2.45) is 11.7 Å². The van der Waals surface area contributed by atoms with Gasteiger partial charge in [0.05, 0.1) is 4.34 Å². The summed E-state index contributed by atoms with van der Waals surface area (Å²) in [5.74, 6) is 0.640. The Balaban J connectivity index is 2.58. The molecule has 0 spiro atoms. The van der Waals surface area contributed by atoms with Gasteiger partial charge in [0.1, 0.15) is 0 Å². The molecule has 0 aromatic carbocycles. The smallest absolute Gasteiger partial charge is 0.0931 e. The van der Waals surface area contributed by atoms with Gasteiger partial charge < -0.3 is 5.73 Å². The molecule has 0 aliphatic carbocycles. The first-order valence-electron chi connectivity index (χ1n) is 4.10. The third kappa shape index (κ3) is 2.77. The van der Waals surface area contributed by atoms with Gasteiger partial charge in [0, 0.05) is 10.9 Å². The molecule has 0 radical (unpaired) electrons. The Morgan fingerprint density at radius 1 is 1.50 bits per heavy atom. The Morgan fingerprint density at radius 3 is 2.58 bits per heavy atom. The van der Waals surface area contributed by atoms with E-state index < -0.39 is 0 Å². The van der Waals surface area contributed by atoms with E-state index >= 15 is 0 Å². The van der Waals surface area contributed by atoms with E-state index in [1.165, 1.54) is 4.88 Å². The molecule has 1 aromatic heterocycles. The maximum absolute atomic E-state index is 5.96. The predicted octanol–water partition coefficient (Wildman–Crippen LogP) is 3.45. The molecule has 0 aliphatic heterocycles. The van der Waals surface area contributed by atoms with Crippen LogP contribution in [0.2, 0.25) is 4.34 Å². The van der Waals surface area contributed by atoms with Crippen molar-refractivity contribution in [3.63, 3.8) is 0 Å². The van der Waals surface area contributed by atoms with Crippen LogP contribution in [0.25, 0.3) is 0 Å². The molecule has 2 N–H and O–H groups in total. The summed E-state index contributed by atoms with van der Waals surface area (Å²) in [5.41, 5.74) is 5.96. The van der Waals surface area contributed by atoms with Crippen LogP contribution in [0.3, 0.4) is 0 Å². The molecule has 0 aliphatic rings. The zero-order valence-electron chi connectivity index (χ0n) is 7.38. The molecule has 0 saturated heterocycles. The van der Waals surface area contributed by atoms with E-state index in [2.05, 4.69) is 13.8 Å². The van der Waals surface area contributed by atoms with Gasteiger partial charge in [-0.1, -0.05) is 25.4 Å². The van der Waals surface area contributed by atoms with Gasteiger partial charge in [-0.3, -0.25) is 0 Å². The summed E-state index contributed by atoms with van der Waals surface area (Å²) in [6, 6.07) is 4.07. The number of halogens is 1. The van der Waals surface area contributed by atoms with Gasteiger partial charge in [-0.25, -0.2) is 0 Å². The minimum Gasteiger partial charge on any atom is -0.323 e. The van der Waals surface area contributed by atoms with Crippen LogP contribution in [0.15, 0.2) is 12.1 Å². The standard InChI is InChI=1S/C9H14ClNS/c1-6(2)5-7(11)8-3-4-9(10)12-8/h3-4,6-7H,5,11H2,1-2H3/t7-/m1/s1. The SMILES string of the molecule is CC(C)C[C@@H](N)c1ccc(Cl)s1. The number of hydrogen-bond donors (Lipinski definition) is 1. The van der Waals surface area contributed by atoms with E-state index in [4.69, 9.17) is 17.3 Å². The molecule has 1 atom stereocenters. The van der Waals surface area contributed by atoms with Crippen LogP contribution in [0, 0.1) is 5.92 Å². The minimum absolute atomic E-state index is 0.155. The highest BCUT2D eigenvalue weighted by Crippen LogP contribution is 2.28. The third-order valence-electron chi connectivity index (χ3n) is 1.68. The summed E-state index contributed by atoms with van der Waals surface area (Å²) in [4.78, 5) is 1.19. The maximum Gasteiger partial charge on any atom is 0.0931 e. The first-order chi connectivity index (χ1) is 5.59. The first-order valence-corrected chi connectivity index (χ1v) is 5.30. The van der Waals surface area contributed by atoms with E-state index in [1.54, 1.807) is 11.3 Å². The Morgan fingerprint density at radius 2 is 2.17 bits per heavy atom. The normalized spacial score (nSPS) is 13.8. The lowest BCUT2D eigenvalue weighted by atomic mass is 10.0. The van der Waals surface area contributed by atoms with Gasteiger partial charge in [-0.05, 0) is 24.5 Å². The van der Waals surface area contributed by atoms with Gasteiger partial charge in [0.15, 0.2) is 0 Å². The lowest BCUT2D eigenvalue weighted by Crippen LogP contribution is -2.11. The van der Waals surface area contributed by atoms with Crippen molar-refractivity contribution in [3.8, 4) is 0 Å². The zero-order valence-corrected chi connectivity index (χ0v) is 8.95. The van der Waals surface area contributed by atoms with Crippen LogP contribution >= 0.6 is 22.9 Å². The zero-order chi connectivity index (χ0) is 9.14. The Hall–Kier alpha value is -0.0500. The molecular formula is C9H14ClNS. The minimum atomic E-state index is 0.155. The number of hydrogen-bond acceptors (Lipinski definition) is 2. The lowest BCUT2D eigenvalue weighted by Gasteiger charge is -2.11. The largest absolute Gasteiger partial charge is 0.323 e. The molecule has 1 aromatic rings. The summed E-state index contributed by atoms with van der Waals surface area (Å²) < 4.78 is 0.823. The molecule has 0 saturated carbocycles. The van der Waals surface area contributed by atoms with Gasteiger partial charge >= 0.3 is 0 Å². The summed E-state index contributed by atoms with van der Waals surface area (Å²) in [6.45, 7) is 4.35. The van der Waals surface area contributed by atoms with Crippen molar-refractivity contribution in [1.82, 2.24) is 0 Å². The molecule has 0 fully saturated rings. The van der Waals surface area contributed by atoms with Crippen LogP contribution in [-0.2, 0) is 0 Å². The average Bonchev–Trinajstić information content (AvgIpc) is 2.34. The van der Waals surface area contributed by atoms with Crippen molar-refractivity contribution in [1.29, 1.82) is 0 Å². The average molecular weight is 204 g/mol. The Kier molecular flexibility index (Phi) is 3.56. The molecule has 12 heavy (non-hydrogen) atoms. The second kappa shape index (κ2) is 4.26. The van der Waals surface area contributed by atoms with Crippen LogP contribution in [-0.4, -0.2) is 0 Å². The Bertz CT molecular complexity index is 244. The quantitative estimate of drug-likeness (QED) is 0.800. The fourth-order valence-electron chi connectivity index (χ4n) is 1.15. The molecule has 1 rings (SSSR count). The second-order valence-electron chi connectivity index (χ2n) is 3.38. The third-order valence-corrected chi connectivity index (χ3v) is 3.05. The molecule has 0 bridgehead atoms. The van der Waals surface area contributed by atoms with E-state index in [0.717, 1.165) is 10.8 Å². The van der Waals surface area contributed by atoms with E-state index in [0.29, 0.717) is 5.92 Å². The van der Waals surface area contributed by atoms with E-state index in [1.807, 2.05) is 12.1 Å². The second-order valence-corrected chi connectivity index (χ2v) is 5.12. The first kappa shape index (κ1) is 10.0. The van der Waals surface area contributed by atoms with Crippen LogP contribution in [0.4, 0.5) is 0 Å². The molecule has 1 nitrogen and oxygen atoms in total. The van der Waals surface area contributed by atoms with Crippen molar-refractivity contribution in [3.05, 3.63) is 21.3 Å². The molecule has 0 unspecified atom stereocenters. The molecule has 1 heterocycles. The number of thiophene rings is 1. The highest BCUT2D eigenvalue weighted by molar-refractivity contribution is 7.16. The fourth-order valence-corrected chi connectivity index (χ4v) is 2.23. The van der Waals surface area contributed by atoms with Crippen LogP contribution in [0.5, 0.6) is 0 Å². The lowest BCUT2D eigenvalue weighted by molar-refractivity contribution is 0.515. The fraction of sp³-hybridized carbons (Fsp3) is 0.556. The van der Waals surface area contributed by atoms with Gasteiger partial charge in [0.25, 0.3) is 0 Å². The predicted molar refractivity (Wildman–Crippen MR) is 55.7 cm³/mol. The van der Waals surface area contributed by atoms with Crippen molar-refractivity contribution in [2.75, 3.05) is 0 Å². The van der Waals surface area contributed by atoms with Crippen molar-refractivity contribution in [2.45, 2.75) is 26.3 Å². The van der Waals surface area contributed by atoms with Crippen molar-refractivity contribution >= 4 is 22.9 Å².